The molecule has 1 aromatic carbocycles. The third-order valence-corrected chi connectivity index (χ3v) is 7.82. The smallest absolute Gasteiger partial charge is 0.256 e. The van der Waals surface area contributed by atoms with Crippen molar-refractivity contribution in [2.24, 2.45) is 0 Å². The number of benzene rings is 1. The Bertz CT molecular complexity index is 1370. The lowest BCUT2D eigenvalue weighted by atomic mass is 10.1. The monoisotopic (exact) mass is 530 g/mol. The Morgan fingerprint density at radius 2 is 1.85 bits per heavy atom. The van der Waals surface area contributed by atoms with E-state index in [1.54, 1.807) is 0 Å². The number of hydrogen-bond acceptors (Lipinski definition) is 4. The molecule has 1 saturated heterocycles. The quantitative estimate of drug-likeness (QED) is 0.192. The zero-order chi connectivity index (χ0) is 27.8. The highest BCUT2D eigenvalue weighted by Crippen LogP contribution is 2.32. The first-order valence-corrected chi connectivity index (χ1v) is 15.0. The summed E-state index contributed by atoms with van der Waals surface area (Å²) < 4.78 is 2.07. The molecule has 3 aromatic heterocycles. The normalized spacial score (nSPS) is 15.6. The molecule has 1 aliphatic heterocycles. The summed E-state index contributed by atoms with van der Waals surface area (Å²) in [5.74, 6) is 0.399. The molecule has 210 valence electrons. The number of H-pyrrole nitrogens is 1. The highest BCUT2D eigenvalue weighted by Gasteiger charge is 2.24. The molecule has 4 aromatic rings. The molecular weight excluding hydrogens is 484 g/mol. The molecule has 0 saturated carbocycles. The molecule has 0 aliphatic carbocycles. The second-order valence-corrected chi connectivity index (χ2v) is 10.6. The molecule has 4 heterocycles. The molecule has 0 bridgehead atoms. The summed E-state index contributed by atoms with van der Waals surface area (Å²) in [6.07, 6.45) is 13.1. The molecule has 1 atom stereocenters. The van der Waals surface area contributed by atoms with Gasteiger partial charge in [0.2, 0.25) is 0 Å². The Labute approximate surface area is 233 Å². The zero-order valence-corrected chi connectivity index (χ0v) is 24.5. The van der Waals surface area contributed by atoms with Crippen molar-refractivity contribution >= 4 is 33.5 Å². The Kier molecular flexibility index (Phi) is 10.2. The summed E-state index contributed by atoms with van der Waals surface area (Å²) >= 11 is 0. The number of aryl methyl sites for hydroxylation is 2. The summed E-state index contributed by atoms with van der Waals surface area (Å²) in [6.45, 7) is 10.3. The molecule has 7 nitrogen and oxygen atoms in total. The van der Waals surface area contributed by atoms with Gasteiger partial charge in [0.05, 0.1) is 16.7 Å². The van der Waals surface area contributed by atoms with Gasteiger partial charge >= 0.3 is 0 Å². The molecule has 39 heavy (non-hydrogen) atoms. The van der Waals surface area contributed by atoms with Gasteiger partial charge in [-0.05, 0) is 58.0 Å². The fourth-order valence-corrected chi connectivity index (χ4v) is 5.66. The minimum atomic E-state index is -0.155. The number of aromatic amines is 1. The predicted molar refractivity (Wildman–Crippen MR) is 162 cm³/mol. The average molecular weight is 531 g/mol. The van der Waals surface area contributed by atoms with Crippen LogP contribution >= 0.6 is 0 Å². The predicted octanol–water partition coefficient (Wildman–Crippen LogP) is 8.02. The lowest BCUT2D eigenvalue weighted by molar-refractivity contribution is 0.102. The number of carbonyl (C=O) groups excluding carboxylic acids is 1. The van der Waals surface area contributed by atoms with Crippen LogP contribution in [0.2, 0.25) is 0 Å². The van der Waals surface area contributed by atoms with Gasteiger partial charge in [-0.1, -0.05) is 65.4 Å². The highest BCUT2D eigenvalue weighted by atomic mass is 16.1. The summed E-state index contributed by atoms with van der Waals surface area (Å²) in [4.78, 5) is 23.6. The van der Waals surface area contributed by atoms with Crippen LogP contribution in [0.15, 0.2) is 36.5 Å². The number of nitrogens with zero attached hydrogens (tertiary/aromatic N) is 4. The molecule has 1 amide bonds. The number of nitrogens with one attached hydrogen (secondary N) is 2. The number of likely N-dealkylation sites (tertiary alicyclic amines) is 1. The number of pyridine rings is 1. The van der Waals surface area contributed by atoms with E-state index in [0.717, 1.165) is 53.4 Å². The van der Waals surface area contributed by atoms with E-state index in [9.17, 15) is 4.79 Å². The van der Waals surface area contributed by atoms with Gasteiger partial charge in [0.1, 0.15) is 5.82 Å². The van der Waals surface area contributed by atoms with E-state index in [2.05, 4.69) is 44.9 Å². The third kappa shape index (κ3) is 6.88. The topological polar surface area (TPSA) is 78.8 Å². The minimum Gasteiger partial charge on any atom is -0.357 e. The molecule has 0 spiro atoms. The average Bonchev–Trinajstić information content (AvgIpc) is 3.65. The van der Waals surface area contributed by atoms with E-state index in [1.165, 1.54) is 50.6 Å². The van der Waals surface area contributed by atoms with Crippen molar-refractivity contribution in [3.63, 3.8) is 0 Å². The molecule has 2 N–H and O–H groups in total. The number of amides is 1. The fourth-order valence-electron chi connectivity index (χ4n) is 5.66. The first-order valence-electron chi connectivity index (χ1n) is 15.0. The van der Waals surface area contributed by atoms with Crippen molar-refractivity contribution in [3.8, 4) is 0 Å². The Morgan fingerprint density at radius 1 is 1.08 bits per heavy atom. The van der Waals surface area contributed by atoms with E-state index < -0.39 is 0 Å². The van der Waals surface area contributed by atoms with Crippen molar-refractivity contribution in [1.29, 1.82) is 0 Å². The van der Waals surface area contributed by atoms with Gasteiger partial charge in [-0.25, -0.2) is 4.98 Å². The van der Waals surface area contributed by atoms with Gasteiger partial charge in [0, 0.05) is 46.9 Å². The number of carbonyl (C=O) groups is 1. The lowest BCUT2D eigenvalue weighted by Gasteiger charge is -2.17. The van der Waals surface area contributed by atoms with Gasteiger partial charge in [-0.15, -0.1) is 0 Å². The summed E-state index contributed by atoms with van der Waals surface area (Å²) in [7, 11) is 2.17. The van der Waals surface area contributed by atoms with Crippen molar-refractivity contribution in [3.05, 3.63) is 53.5 Å². The van der Waals surface area contributed by atoms with Crippen molar-refractivity contribution in [2.75, 3.05) is 18.9 Å². The van der Waals surface area contributed by atoms with Crippen LogP contribution in [0.1, 0.15) is 106 Å². The number of unbranched alkanes of at least 4 members (excludes halogenated alkanes) is 6. The van der Waals surface area contributed by atoms with Crippen molar-refractivity contribution in [2.45, 2.75) is 98.1 Å². The second-order valence-electron chi connectivity index (χ2n) is 10.6. The molecule has 1 aliphatic rings. The summed E-state index contributed by atoms with van der Waals surface area (Å²) in [6, 6.07) is 10.4. The maximum atomic E-state index is 13.2. The third-order valence-electron chi connectivity index (χ3n) is 7.82. The summed E-state index contributed by atoms with van der Waals surface area (Å²) in [5, 5.41) is 9.93. The SMILES string of the molecule is CC.CCCCCCCCCn1nc(C)c2ccc(C(=O)Nc3cc4[nH]c(C5CCCN5C)cc4cn3)cc21. The minimum absolute atomic E-state index is 0.155. The Hall–Kier alpha value is -3.19. The van der Waals surface area contributed by atoms with Gasteiger partial charge in [-0.2, -0.15) is 5.10 Å². The maximum Gasteiger partial charge on any atom is 0.256 e. The largest absolute Gasteiger partial charge is 0.357 e. The van der Waals surface area contributed by atoms with Crippen LogP contribution in [-0.2, 0) is 6.54 Å². The molecule has 7 heteroatoms. The number of rotatable bonds is 11. The second kappa shape index (κ2) is 13.7. The van der Waals surface area contributed by atoms with Crippen LogP contribution in [0.4, 0.5) is 5.82 Å². The molecule has 1 unspecified atom stereocenters. The van der Waals surface area contributed by atoms with E-state index in [-0.39, 0.29) is 5.91 Å². The van der Waals surface area contributed by atoms with Crippen molar-refractivity contribution in [1.82, 2.24) is 24.6 Å². The van der Waals surface area contributed by atoms with Crippen LogP contribution in [0.25, 0.3) is 21.8 Å². The maximum absolute atomic E-state index is 13.2. The molecule has 1 fully saturated rings. The van der Waals surface area contributed by atoms with E-state index >= 15 is 0 Å². The molecular formula is C32H46N6O. The Morgan fingerprint density at radius 3 is 2.59 bits per heavy atom. The number of anilines is 1. The van der Waals surface area contributed by atoms with Crippen LogP contribution in [-0.4, -0.2) is 44.1 Å². The van der Waals surface area contributed by atoms with Gasteiger partial charge in [-0.3, -0.25) is 14.4 Å². The fraction of sp³-hybridized carbons (Fsp3) is 0.531. The van der Waals surface area contributed by atoms with E-state index in [1.807, 2.05) is 51.2 Å². The van der Waals surface area contributed by atoms with E-state index in [4.69, 9.17) is 5.10 Å². The van der Waals surface area contributed by atoms with E-state index in [0.29, 0.717) is 17.4 Å². The van der Waals surface area contributed by atoms with Crippen molar-refractivity contribution < 1.29 is 4.79 Å². The van der Waals surface area contributed by atoms with Crippen LogP contribution in [0, 0.1) is 6.92 Å². The standard InChI is InChI=1S/C30H40N6O.C2H6/c1-4-5-6-7-8-9-10-16-36-28-18-22(13-14-24(28)21(2)34-36)30(37)33-29-19-25-23(20-31-29)17-26(32-25)27-12-11-15-35(27)3;1-2/h13-14,17-20,27,32H,4-12,15-16H2,1-3H3,(H,31,33,37);1-2H3. The Balaban J connectivity index is 0.00000172. The number of aromatic nitrogens is 4. The lowest BCUT2D eigenvalue weighted by Crippen LogP contribution is -2.17. The van der Waals surface area contributed by atoms with Crippen LogP contribution in [0.3, 0.4) is 0 Å². The van der Waals surface area contributed by atoms with Crippen LogP contribution in [0.5, 0.6) is 0 Å². The van der Waals surface area contributed by atoms with Gasteiger partial charge < -0.3 is 10.3 Å². The first kappa shape index (κ1) is 28.8. The highest BCUT2D eigenvalue weighted by molar-refractivity contribution is 6.06. The molecule has 5 rings (SSSR count). The first-order chi connectivity index (χ1) is 19.0. The number of hydrogen-bond donors (Lipinski definition) is 2. The summed E-state index contributed by atoms with van der Waals surface area (Å²) in [5.41, 5.74) is 4.87. The van der Waals surface area contributed by atoms with Gasteiger partial charge in [0.25, 0.3) is 5.91 Å². The van der Waals surface area contributed by atoms with Gasteiger partial charge in [0.15, 0.2) is 0 Å². The number of fused-ring (bicyclic) bond motifs is 2. The molecule has 0 radical (unpaired) electrons. The van der Waals surface area contributed by atoms with Crippen LogP contribution < -0.4 is 5.32 Å². The zero-order valence-electron chi connectivity index (χ0n) is 24.5.